The van der Waals surface area contributed by atoms with Crippen LogP contribution in [0.15, 0.2) is 42.6 Å². The summed E-state index contributed by atoms with van der Waals surface area (Å²) >= 11 is 0. The molecule has 8 nitrogen and oxygen atoms in total. The second-order valence-electron chi connectivity index (χ2n) is 8.44. The molecular formula is C26H26FN3O5. The van der Waals surface area contributed by atoms with Crippen molar-refractivity contribution in [1.29, 1.82) is 0 Å². The van der Waals surface area contributed by atoms with Crippen LogP contribution < -0.4 is 14.2 Å². The van der Waals surface area contributed by atoms with Gasteiger partial charge in [0.2, 0.25) is 0 Å². The van der Waals surface area contributed by atoms with E-state index in [2.05, 4.69) is 9.97 Å². The van der Waals surface area contributed by atoms with Crippen LogP contribution in [0.2, 0.25) is 0 Å². The van der Waals surface area contributed by atoms with E-state index in [0.717, 1.165) is 5.69 Å². The Morgan fingerprint density at radius 3 is 2.83 bits per heavy atom. The topological polar surface area (TPSA) is 85.9 Å². The quantitative estimate of drug-likeness (QED) is 0.403. The summed E-state index contributed by atoms with van der Waals surface area (Å²) < 4.78 is 38.0. The summed E-state index contributed by atoms with van der Waals surface area (Å²) in [5.74, 6) is 0.613. The highest BCUT2D eigenvalue weighted by molar-refractivity contribution is 5.89. The molecule has 1 aliphatic heterocycles. The minimum atomic E-state index is -0.494. The van der Waals surface area contributed by atoms with Crippen LogP contribution in [0, 0.1) is 12.7 Å². The number of morpholine rings is 1. The number of aryl methyl sites for hydroxylation is 1. The van der Waals surface area contributed by atoms with E-state index < -0.39 is 11.9 Å². The summed E-state index contributed by atoms with van der Waals surface area (Å²) in [6, 6.07) is 9.95. The molecule has 0 bridgehead atoms. The maximum absolute atomic E-state index is 15.2. The fraction of sp³-hybridized carbons (Fsp3) is 0.308. The molecule has 2 aromatic carbocycles. The SMILES string of the molecule is CCOc1cc2nccc(Oc3ccc4[nH]c(C)cc4c3F)c2cc1OC(=O)N1CCOC[C@@H]1C. The molecule has 1 saturated heterocycles. The first-order chi connectivity index (χ1) is 16.9. The molecular weight excluding hydrogens is 453 g/mol. The standard InChI is InChI=1S/C26H26FN3O5/c1-4-33-23-13-20-17(12-24(23)35-26(31)30-9-10-32-14-16(30)3)21(7-8-28-20)34-22-6-5-19-18(25(22)27)11-15(2)29-19/h5-8,11-13,16,29H,4,9-10,14H2,1-3H3/t16-/m0/s1. The van der Waals surface area contributed by atoms with Gasteiger partial charge in [0.05, 0.1) is 31.4 Å². The van der Waals surface area contributed by atoms with Gasteiger partial charge in [0.1, 0.15) is 5.75 Å². The highest BCUT2D eigenvalue weighted by Crippen LogP contribution is 2.39. The molecule has 35 heavy (non-hydrogen) atoms. The van der Waals surface area contributed by atoms with Gasteiger partial charge in [-0.1, -0.05) is 0 Å². The molecule has 0 radical (unpaired) electrons. The van der Waals surface area contributed by atoms with E-state index in [1.165, 1.54) is 0 Å². The molecule has 4 aromatic rings. The molecule has 0 saturated carbocycles. The summed E-state index contributed by atoms with van der Waals surface area (Å²) in [6.07, 6.45) is 1.08. The van der Waals surface area contributed by atoms with E-state index in [4.69, 9.17) is 18.9 Å². The molecule has 0 aliphatic carbocycles. The molecule has 3 heterocycles. The van der Waals surface area contributed by atoms with Crippen LogP contribution in [-0.2, 0) is 4.74 Å². The number of carbonyl (C=O) groups is 1. The monoisotopic (exact) mass is 479 g/mol. The third-order valence-corrected chi connectivity index (χ3v) is 5.92. The third kappa shape index (κ3) is 4.46. The fourth-order valence-corrected chi connectivity index (χ4v) is 4.20. The van der Waals surface area contributed by atoms with E-state index >= 15 is 4.39 Å². The van der Waals surface area contributed by atoms with E-state index in [1.54, 1.807) is 47.5 Å². The number of carbonyl (C=O) groups excluding carboxylic acids is 1. The molecule has 1 aliphatic rings. The Balaban J connectivity index is 1.52. The molecule has 2 aromatic heterocycles. The van der Waals surface area contributed by atoms with Gasteiger partial charge in [-0.15, -0.1) is 0 Å². The number of amides is 1. The highest BCUT2D eigenvalue weighted by Gasteiger charge is 2.27. The second-order valence-corrected chi connectivity index (χ2v) is 8.44. The molecule has 0 spiro atoms. The van der Waals surface area contributed by atoms with Crippen LogP contribution in [0.1, 0.15) is 19.5 Å². The Hall–Kier alpha value is -3.85. The molecule has 1 amide bonds. The van der Waals surface area contributed by atoms with Crippen molar-refractivity contribution in [3.63, 3.8) is 0 Å². The molecule has 0 unspecified atom stereocenters. The first-order valence-corrected chi connectivity index (χ1v) is 11.5. The smallest absolute Gasteiger partial charge is 0.415 e. The highest BCUT2D eigenvalue weighted by atomic mass is 19.1. The Labute approximate surface area is 201 Å². The molecule has 5 rings (SSSR count). The van der Waals surface area contributed by atoms with Crippen LogP contribution in [0.3, 0.4) is 0 Å². The lowest BCUT2D eigenvalue weighted by Crippen LogP contribution is -2.48. The average molecular weight is 480 g/mol. The Morgan fingerprint density at radius 1 is 1.17 bits per heavy atom. The Bertz CT molecular complexity index is 1400. The van der Waals surface area contributed by atoms with Gasteiger partial charge >= 0.3 is 6.09 Å². The van der Waals surface area contributed by atoms with Crippen molar-refractivity contribution in [1.82, 2.24) is 14.9 Å². The average Bonchev–Trinajstić information content (AvgIpc) is 3.23. The first-order valence-electron chi connectivity index (χ1n) is 11.5. The normalized spacial score (nSPS) is 16.0. The Kier molecular flexibility index (Phi) is 6.17. The zero-order chi connectivity index (χ0) is 24.5. The summed E-state index contributed by atoms with van der Waals surface area (Å²) in [4.78, 5) is 22.0. The maximum Gasteiger partial charge on any atom is 0.415 e. The molecule has 1 atom stereocenters. The van der Waals surface area contributed by atoms with Crippen molar-refractivity contribution in [2.24, 2.45) is 0 Å². The van der Waals surface area contributed by atoms with Gasteiger partial charge in [0.15, 0.2) is 23.1 Å². The fourth-order valence-electron chi connectivity index (χ4n) is 4.20. The number of aromatic nitrogens is 2. The van der Waals surface area contributed by atoms with E-state index in [9.17, 15) is 4.79 Å². The number of fused-ring (bicyclic) bond motifs is 2. The first kappa shape index (κ1) is 22.9. The van der Waals surface area contributed by atoms with Crippen molar-refractivity contribution >= 4 is 27.9 Å². The van der Waals surface area contributed by atoms with Crippen molar-refractivity contribution in [3.8, 4) is 23.0 Å². The van der Waals surface area contributed by atoms with E-state index in [1.807, 2.05) is 20.8 Å². The van der Waals surface area contributed by atoms with E-state index in [-0.39, 0.29) is 17.5 Å². The largest absolute Gasteiger partial charge is 0.490 e. The second kappa shape index (κ2) is 9.42. The van der Waals surface area contributed by atoms with Crippen LogP contribution in [-0.4, -0.2) is 53.4 Å². The number of hydrogen-bond donors (Lipinski definition) is 1. The number of pyridine rings is 1. The van der Waals surface area contributed by atoms with Gasteiger partial charge in [-0.2, -0.15) is 0 Å². The Morgan fingerprint density at radius 2 is 2.03 bits per heavy atom. The summed E-state index contributed by atoms with van der Waals surface area (Å²) in [5.41, 5.74) is 2.11. The van der Waals surface area contributed by atoms with Gasteiger partial charge < -0.3 is 28.8 Å². The number of nitrogens with zero attached hydrogens (tertiary/aromatic N) is 2. The number of ether oxygens (including phenoxy) is 4. The molecule has 9 heteroatoms. The van der Waals surface area contributed by atoms with Gasteiger partial charge in [-0.3, -0.25) is 4.98 Å². The summed E-state index contributed by atoms with van der Waals surface area (Å²) in [6.45, 7) is 7.33. The van der Waals surface area contributed by atoms with Crippen LogP contribution >= 0.6 is 0 Å². The molecule has 182 valence electrons. The molecule has 1 N–H and O–H groups in total. The number of benzene rings is 2. The number of halogens is 1. The van der Waals surface area contributed by atoms with Gasteiger partial charge in [0, 0.05) is 40.8 Å². The maximum atomic E-state index is 15.2. The minimum Gasteiger partial charge on any atom is -0.490 e. The van der Waals surface area contributed by atoms with Crippen LogP contribution in [0.4, 0.5) is 9.18 Å². The number of hydrogen-bond acceptors (Lipinski definition) is 6. The zero-order valence-corrected chi connectivity index (χ0v) is 19.8. The summed E-state index contributed by atoms with van der Waals surface area (Å²) in [7, 11) is 0. The lowest BCUT2D eigenvalue weighted by Gasteiger charge is -2.32. The zero-order valence-electron chi connectivity index (χ0n) is 19.8. The van der Waals surface area contributed by atoms with E-state index in [0.29, 0.717) is 59.7 Å². The lowest BCUT2D eigenvalue weighted by atomic mass is 10.1. The predicted octanol–water partition coefficient (Wildman–Crippen LogP) is 5.57. The minimum absolute atomic E-state index is 0.0820. The van der Waals surface area contributed by atoms with Gasteiger partial charge in [-0.25, -0.2) is 9.18 Å². The van der Waals surface area contributed by atoms with Crippen LogP contribution in [0.5, 0.6) is 23.0 Å². The lowest BCUT2D eigenvalue weighted by molar-refractivity contribution is 0.00830. The number of aromatic amines is 1. The van der Waals surface area contributed by atoms with Gasteiger partial charge in [0.25, 0.3) is 0 Å². The van der Waals surface area contributed by atoms with Crippen molar-refractivity contribution in [3.05, 3.63) is 54.1 Å². The predicted molar refractivity (Wildman–Crippen MR) is 129 cm³/mol. The number of rotatable bonds is 5. The van der Waals surface area contributed by atoms with Crippen molar-refractivity contribution in [2.45, 2.75) is 26.8 Å². The van der Waals surface area contributed by atoms with Gasteiger partial charge in [-0.05, 0) is 51.1 Å². The van der Waals surface area contributed by atoms with Crippen molar-refractivity contribution < 1.29 is 28.1 Å². The molecule has 1 fully saturated rings. The number of nitrogens with one attached hydrogen (secondary N) is 1. The number of H-pyrrole nitrogens is 1. The third-order valence-electron chi connectivity index (χ3n) is 5.92. The van der Waals surface area contributed by atoms with Crippen molar-refractivity contribution in [2.75, 3.05) is 26.4 Å². The van der Waals surface area contributed by atoms with Crippen LogP contribution in [0.25, 0.3) is 21.8 Å². The summed E-state index contributed by atoms with van der Waals surface area (Å²) in [5, 5.41) is 1.00.